The average Bonchev–Trinajstić information content (AvgIpc) is 2.92. The minimum Gasteiger partial charge on any atom is -0.468 e. The van der Waals surface area contributed by atoms with Crippen molar-refractivity contribution in [3.63, 3.8) is 0 Å². The van der Waals surface area contributed by atoms with E-state index in [1.54, 1.807) is 12.5 Å². The van der Waals surface area contributed by atoms with E-state index in [1.165, 1.54) is 7.11 Å². The molecule has 2 rings (SSSR count). The Hall–Kier alpha value is -1.40. The van der Waals surface area contributed by atoms with Crippen molar-refractivity contribution in [1.29, 1.82) is 0 Å². The number of carbonyl (C=O) groups is 1. The standard InChI is InChI=1S/C12H19N3O3/c1-17-12(16)11-9-18-8-7-15(11)5-2-4-14-6-3-13-10-14/h3,6,10-11H,2,4-5,7-9H2,1H3. The lowest BCUT2D eigenvalue weighted by molar-refractivity contribution is -0.153. The van der Waals surface area contributed by atoms with Gasteiger partial charge in [-0.25, -0.2) is 4.98 Å². The Morgan fingerprint density at radius 3 is 3.17 bits per heavy atom. The van der Waals surface area contributed by atoms with Crippen LogP contribution in [0.5, 0.6) is 0 Å². The van der Waals surface area contributed by atoms with E-state index in [4.69, 9.17) is 9.47 Å². The van der Waals surface area contributed by atoms with Crippen molar-refractivity contribution in [2.75, 3.05) is 33.4 Å². The molecule has 1 aliphatic heterocycles. The van der Waals surface area contributed by atoms with Crippen LogP contribution in [-0.4, -0.2) is 59.9 Å². The highest BCUT2D eigenvalue weighted by Gasteiger charge is 2.29. The number of hydrogen-bond donors (Lipinski definition) is 0. The van der Waals surface area contributed by atoms with Crippen LogP contribution in [0.15, 0.2) is 18.7 Å². The molecule has 1 atom stereocenters. The Morgan fingerprint density at radius 2 is 2.44 bits per heavy atom. The van der Waals surface area contributed by atoms with Crippen LogP contribution in [0.1, 0.15) is 6.42 Å². The highest BCUT2D eigenvalue weighted by atomic mass is 16.5. The molecule has 0 radical (unpaired) electrons. The van der Waals surface area contributed by atoms with Gasteiger partial charge < -0.3 is 14.0 Å². The third kappa shape index (κ3) is 3.30. The molecule has 0 amide bonds. The number of aromatic nitrogens is 2. The summed E-state index contributed by atoms with van der Waals surface area (Å²) in [6.45, 7) is 3.66. The van der Waals surface area contributed by atoms with E-state index >= 15 is 0 Å². The molecular weight excluding hydrogens is 234 g/mol. The van der Waals surface area contributed by atoms with Crippen LogP contribution in [0.4, 0.5) is 0 Å². The first-order chi connectivity index (χ1) is 8.81. The monoisotopic (exact) mass is 253 g/mol. The molecule has 100 valence electrons. The number of ether oxygens (including phenoxy) is 2. The lowest BCUT2D eigenvalue weighted by atomic mass is 10.2. The van der Waals surface area contributed by atoms with Crippen LogP contribution < -0.4 is 0 Å². The fourth-order valence-electron chi connectivity index (χ4n) is 2.13. The van der Waals surface area contributed by atoms with Crippen LogP contribution in [0, 0.1) is 0 Å². The Bertz CT molecular complexity index is 367. The second-order valence-corrected chi connectivity index (χ2v) is 4.30. The largest absolute Gasteiger partial charge is 0.468 e. The van der Waals surface area contributed by atoms with Crippen molar-refractivity contribution < 1.29 is 14.3 Å². The third-order valence-corrected chi connectivity index (χ3v) is 3.13. The summed E-state index contributed by atoms with van der Waals surface area (Å²) in [5.41, 5.74) is 0. The number of rotatable bonds is 5. The molecule has 0 N–H and O–H groups in total. The summed E-state index contributed by atoms with van der Waals surface area (Å²) in [6.07, 6.45) is 6.49. The molecule has 6 heteroatoms. The number of aryl methyl sites for hydroxylation is 1. The Balaban J connectivity index is 1.80. The van der Waals surface area contributed by atoms with Crippen LogP contribution in [-0.2, 0) is 20.8 Å². The smallest absolute Gasteiger partial charge is 0.325 e. The lowest BCUT2D eigenvalue weighted by Gasteiger charge is -2.33. The second kappa shape index (κ2) is 6.51. The van der Waals surface area contributed by atoms with Gasteiger partial charge in [0.05, 0.1) is 26.7 Å². The number of morpholine rings is 1. The van der Waals surface area contributed by atoms with E-state index in [-0.39, 0.29) is 12.0 Å². The predicted octanol–water partition coefficient (Wildman–Crippen LogP) is 0.147. The van der Waals surface area contributed by atoms with Crippen LogP contribution in [0.2, 0.25) is 0 Å². The van der Waals surface area contributed by atoms with E-state index in [2.05, 4.69) is 9.88 Å². The van der Waals surface area contributed by atoms with E-state index in [9.17, 15) is 4.79 Å². The minimum atomic E-state index is -0.258. The van der Waals surface area contributed by atoms with E-state index in [0.29, 0.717) is 13.2 Å². The van der Waals surface area contributed by atoms with Gasteiger partial charge in [0.1, 0.15) is 6.04 Å². The van der Waals surface area contributed by atoms with Crippen molar-refractivity contribution in [1.82, 2.24) is 14.5 Å². The van der Waals surface area contributed by atoms with Gasteiger partial charge in [-0.3, -0.25) is 9.69 Å². The third-order valence-electron chi connectivity index (χ3n) is 3.13. The maximum Gasteiger partial charge on any atom is 0.325 e. The topological polar surface area (TPSA) is 56.6 Å². The second-order valence-electron chi connectivity index (χ2n) is 4.30. The minimum absolute atomic E-state index is 0.211. The number of esters is 1. The number of methoxy groups -OCH3 is 1. The molecule has 1 fully saturated rings. The summed E-state index contributed by atoms with van der Waals surface area (Å²) >= 11 is 0. The van der Waals surface area contributed by atoms with Crippen molar-refractivity contribution in [2.24, 2.45) is 0 Å². The number of nitrogens with zero attached hydrogens (tertiary/aromatic N) is 3. The van der Waals surface area contributed by atoms with Gasteiger partial charge in [-0.1, -0.05) is 0 Å². The molecule has 0 saturated carbocycles. The highest BCUT2D eigenvalue weighted by Crippen LogP contribution is 2.09. The number of carbonyl (C=O) groups excluding carboxylic acids is 1. The molecule has 18 heavy (non-hydrogen) atoms. The number of imidazole rings is 1. The molecule has 0 bridgehead atoms. The van der Waals surface area contributed by atoms with E-state index in [0.717, 1.165) is 26.1 Å². The van der Waals surface area contributed by atoms with Gasteiger partial charge in [0.15, 0.2) is 0 Å². The molecule has 0 aliphatic carbocycles. The van der Waals surface area contributed by atoms with Gasteiger partial charge >= 0.3 is 5.97 Å². The predicted molar refractivity (Wildman–Crippen MR) is 65.0 cm³/mol. The molecule has 2 heterocycles. The molecular formula is C12H19N3O3. The Kier molecular flexibility index (Phi) is 4.72. The number of hydrogen-bond acceptors (Lipinski definition) is 5. The van der Waals surface area contributed by atoms with Crippen molar-refractivity contribution in [3.05, 3.63) is 18.7 Å². The molecule has 6 nitrogen and oxygen atoms in total. The summed E-state index contributed by atoms with van der Waals surface area (Å²) in [7, 11) is 1.42. The zero-order chi connectivity index (χ0) is 12.8. The summed E-state index contributed by atoms with van der Waals surface area (Å²) in [5, 5.41) is 0. The molecule has 0 spiro atoms. The molecule has 1 aliphatic rings. The first-order valence-corrected chi connectivity index (χ1v) is 6.16. The van der Waals surface area contributed by atoms with Gasteiger partial charge in [0, 0.05) is 32.0 Å². The summed E-state index contributed by atoms with van der Waals surface area (Å²) in [5.74, 6) is -0.211. The van der Waals surface area contributed by atoms with Crippen molar-refractivity contribution >= 4 is 5.97 Å². The zero-order valence-electron chi connectivity index (χ0n) is 10.6. The maximum absolute atomic E-state index is 11.6. The van der Waals surface area contributed by atoms with Gasteiger partial charge in [0.25, 0.3) is 0 Å². The zero-order valence-corrected chi connectivity index (χ0v) is 10.6. The van der Waals surface area contributed by atoms with Gasteiger partial charge in [-0.15, -0.1) is 0 Å². The van der Waals surface area contributed by atoms with E-state index < -0.39 is 0 Å². The first-order valence-electron chi connectivity index (χ1n) is 6.16. The SMILES string of the molecule is COC(=O)C1COCCN1CCCn1ccnc1. The fraction of sp³-hybridized carbons (Fsp3) is 0.667. The molecule has 1 unspecified atom stereocenters. The fourth-order valence-corrected chi connectivity index (χ4v) is 2.13. The molecule has 1 aromatic heterocycles. The van der Waals surface area contributed by atoms with Crippen molar-refractivity contribution in [2.45, 2.75) is 19.0 Å². The van der Waals surface area contributed by atoms with Crippen LogP contribution >= 0.6 is 0 Å². The highest BCUT2D eigenvalue weighted by molar-refractivity contribution is 5.75. The maximum atomic E-state index is 11.6. The van der Waals surface area contributed by atoms with Crippen molar-refractivity contribution in [3.8, 4) is 0 Å². The van der Waals surface area contributed by atoms with Gasteiger partial charge in [-0.2, -0.15) is 0 Å². The first kappa shape index (κ1) is 13.0. The molecule has 1 saturated heterocycles. The summed E-state index contributed by atoms with van der Waals surface area (Å²) in [6, 6.07) is -0.258. The van der Waals surface area contributed by atoms with E-state index in [1.807, 2.05) is 10.8 Å². The summed E-state index contributed by atoms with van der Waals surface area (Å²) < 4.78 is 12.2. The summed E-state index contributed by atoms with van der Waals surface area (Å²) in [4.78, 5) is 17.7. The normalized spacial score (nSPS) is 20.8. The quantitative estimate of drug-likeness (QED) is 0.699. The average molecular weight is 253 g/mol. The Morgan fingerprint density at radius 1 is 1.56 bits per heavy atom. The lowest BCUT2D eigenvalue weighted by Crippen LogP contribution is -2.50. The van der Waals surface area contributed by atoms with Gasteiger partial charge in [0.2, 0.25) is 0 Å². The van der Waals surface area contributed by atoms with Gasteiger partial charge in [-0.05, 0) is 6.42 Å². The Labute approximate surface area is 106 Å². The molecule has 0 aromatic carbocycles. The molecule has 1 aromatic rings. The van der Waals surface area contributed by atoms with Crippen LogP contribution in [0.25, 0.3) is 0 Å². The van der Waals surface area contributed by atoms with Crippen LogP contribution in [0.3, 0.4) is 0 Å².